The SMILES string of the molecule is C1=C(/c2ccc(-n3c4ccccc4c4cc5c6cc7ccccc7cc6n6c7ccccc7c(c43)c56)cc2)c2oc3ccccc3c2/N=C(/c2ccccc2)CC/1. The molecule has 0 atom stereocenters. The highest BCUT2D eigenvalue weighted by Crippen LogP contribution is 2.47. The van der Waals surface area contributed by atoms with Crippen LogP contribution in [0.1, 0.15) is 29.7 Å². The summed E-state index contributed by atoms with van der Waals surface area (Å²) in [5.41, 5.74) is 13.5. The van der Waals surface area contributed by atoms with E-state index in [1.165, 1.54) is 70.7 Å². The second-order valence-electron chi connectivity index (χ2n) is 15.4. The van der Waals surface area contributed by atoms with Crippen LogP contribution in [0.4, 0.5) is 5.69 Å². The van der Waals surface area contributed by atoms with Crippen LogP contribution < -0.4 is 0 Å². The van der Waals surface area contributed by atoms with Gasteiger partial charge >= 0.3 is 0 Å². The number of hydrogen-bond donors (Lipinski definition) is 0. The number of fused-ring (bicyclic) bond motifs is 14. The van der Waals surface area contributed by atoms with Crippen molar-refractivity contribution in [3.05, 3.63) is 193 Å². The zero-order chi connectivity index (χ0) is 37.2. The molecule has 0 fully saturated rings. The van der Waals surface area contributed by atoms with Gasteiger partial charge in [-0.3, -0.25) is 0 Å². The van der Waals surface area contributed by atoms with E-state index >= 15 is 0 Å². The zero-order valence-corrected chi connectivity index (χ0v) is 30.9. The van der Waals surface area contributed by atoms with E-state index in [-0.39, 0.29) is 0 Å². The highest BCUT2D eigenvalue weighted by Gasteiger charge is 2.26. The van der Waals surface area contributed by atoms with E-state index in [9.17, 15) is 0 Å². The van der Waals surface area contributed by atoms with Gasteiger partial charge in [0.05, 0.1) is 27.6 Å². The lowest BCUT2D eigenvalue weighted by Crippen LogP contribution is -2.02. The predicted molar refractivity (Wildman–Crippen MR) is 238 cm³/mol. The number of furan rings is 1. The third-order valence-electron chi connectivity index (χ3n) is 12.3. The molecule has 0 saturated heterocycles. The molecular weight excluding hydrogens is 695 g/mol. The Hall–Kier alpha value is -7.43. The van der Waals surface area contributed by atoms with Crippen LogP contribution in [0.3, 0.4) is 0 Å². The molecule has 4 nitrogen and oxygen atoms in total. The van der Waals surface area contributed by atoms with Gasteiger partial charge in [0.2, 0.25) is 0 Å². The molecule has 13 rings (SSSR count). The Labute approximate surface area is 327 Å². The number of aliphatic imine (C=N–C) groups is 1. The quantitative estimate of drug-likeness (QED) is 0.178. The number of para-hydroxylation sites is 3. The normalized spacial score (nSPS) is 15.5. The van der Waals surface area contributed by atoms with Crippen molar-refractivity contribution in [3.8, 4) is 5.69 Å². The first-order chi connectivity index (χ1) is 28.3. The maximum absolute atomic E-state index is 6.67. The molecule has 4 heteroatoms. The van der Waals surface area contributed by atoms with E-state index in [1.807, 2.05) is 12.1 Å². The molecule has 1 aliphatic heterocycles. The minimum Gasteiger partial charge on any atom is -0.454 e. The molecular formula is C53H33N3O. The summed E-state index contributed by atoms with van der Waals surface area (Å²) in [6.07, 6.45) is 4.04. The summed E-state index contributed by atoms with van der Waals surface area (Å²) in [6, 6.07) is 61.6. The average molecular weight is 728 g/mol. The van der Waals surface area contributed by atoms with E-state index in [1.54, 1.807) is 0 Å². The Morgan fingerprint density at radius 1 is 0.491 bits per heavy atom. The Balaban J connectivity index is 1.04. The van der Waals surface area contributed by atoms with Gasteiger partial charge in [-0.1, -0.05) is 121 Å². The van der Waals surface area contributed by atoms with Gasteiger partial charge in [0, 0.05) is 54.7 Å². The molecule has 0 N–H and O–H groups in total. The molecule has 266 valence electrons. The van der Waals surface area contributed by atoms with Crippen molar-refractivity contribution in [1.82, 2.24) is 8.97 Å². The number of nitrogens with zero attached hydrogens (tertiary/aromatic N) is 3. The smallest absolute Gasteiger partial charge is 0.161 e. The molecule has 0 unspecified atom stereocenters. The number of aromatic nitrogens is 2. The Kier molecular flexibility index (Phi) is 6.25. The fourth-order valence-electron chi connectivity index (χ4n) is 9.80. The van der Waals surface area contributed by atoms with Crippen molar-refractivity contribution in [2.75, 3.05) is 0 Å². The third-order valence-corrected chi connectivity index (χ3v) is 12.3. The Bertz CT molecular complexity index is 3670. The minimum atomic E-state index is 0.821. The lowest BCUT2D eigenvalue weighted by molar-refractivity contribution is 0.600. The van der Waals surface area contributed by atoms with Gasteiger partial charge in [-0.15, -0.1) is 0 Å². The van der Waals surface area contributed by atoms with Gasteiger partial charge in [-0.2, -0.15) is 0 Å². The van der Waals surface area contributed by atoms with Gasteiger partial charge in [0.15, 0.2) is 5.76 Å². The van der Waals surface area contributed by atoms with E-state index in [4.69, 9.17) is 9.41 Å². The maximum atomic E-state index is 6.67. The number of hydrogen-bond acceptors (Lipinski definition) is 2. The van der Waals surface area contributed by atoms with Crippen molar-refractivity contribution in [2.45, 2.75) is 12.8 Å². The summed E-state index contributed by atoms with van der Waals surface area (Å²) in [5, 5.41) is 11.2. The van der Waals surface area contributed by atoms with Crippen molar-refractivity contribution >= 4 is 98.6 Å². The predicted octanol–water partition coefficient (Wildman–Crippen LogP) is 14.2. The van der Waals surface area contributed by atoms with Crippen LogP contribution >= 0.6 is 0 Å². The summed E-state index contributed by atoms with van der Waals surface area (Å²) in [5.74, 6) is 0.821. The summed E-state index contributed by atoms with van der Waals surface area (Å²) in [6.45, 7) is 0. The molecule has 1 aliphatic rings. The molecule has 57 heavy (non-hydrogen) atoms. The molecule has 12 aromatic rings. The maximum Gasteiger partial charge on any atom is 0.161 e. The van der Waals surface area contributed by atoms with Gasteiger partial charge in [-0.05, 0) is 89.3 Å². The summed E-state index contributed by atoms with van der Waals surface area (Å²) in [4.78, 5) is 5.33. The second-order valence-corrected chi connectivity index (χ2v) is 15.4. The molecule has 0 bridgehead atoms. The molecule has 0 saturated carbocycles. The van der Waals surface area contributed by atoms with E-state index in [0.717, 1.165) is 63.4 Å². The monoisotopic (exact) mass is 727 g/mol. The van der Waals surface area contributed by atoms with Crippen LogP contribution in [0.5, 0.6) is 0 Å². The third kappa shape index (κ3) is 4.30. The molecule has 0 spiro atoms. The highest BCUT2D eigenvalue weighted by molar-refractivity contribution is 6.34. The van der Waals surface area contributed by atoms with Gasteiger partial charge in [-0.25, -0.2) is 4.99 Å². The topological polar surface area (TPSA) is 34.8 Å². The number of allylic oxidation sites excluding steroid dienone is 1. The number of benzene rings is 8. The second kappa shape index (κ2) is 11.5. The first kappa shape index (κ1) is 30.8. The highest BCUT2D eigenvalue weighted by atomic mass is 16.3. The standard InChI is InChI=1S/C53H33N3O/c1-2-13-33(14-3-1)44-21-12-20-37(53-50(54-44)40-19-8-11-24-48(40)57-53)32-25-27-36(28-26-32)55-45-22-9-6-17-38(45)42-31-43-41-29-34-15-4-5-16-35(34)30-47(41)56-46-23-10-7-18-39(46)49(51(42)55)52(43)56/h1-11,13-20,22-31H,12,21H2/b37-20-,54-44+. The van der Waals surface area contributed by atoms with Crippen LogP contribution in [0.15, 0.2) is 185 Å². The van der Waals surface area contributed by atoms with Crippen molar-refractivity contribution in [1.29, 1.82) is 0 Å². The molecule has 8 aromatic carbocycles. The summed E-state index contributed by atoms with van der Waals surface area (Å²) < 4.78 is 11.7. The van der Waals surface area contributed by atoms with E-state index < -0.39 is 0 Å². The Morgan fingerprint density at radius 3 is 2.02 bits per heavy atom. The van der Waals surface area contributed by atoms with Crippen LogP contribution in [-0.2, 0) is 0 Å². The van der Waals surface area contributed by atoms with Crippen LogP contribution in [0.25, 0.3) is 92.9 Å². The molecule has 0 amide bonds. The fraction of sp³-hybridized carbons (Fsp3) is 0.0377. The fourth-order valence-corrected chi connectivity index (χ4v) is 9.80. The zero-order valence-electron chi connectivity index (χ0n) is 30.9. The van der Waals surface area contributed by atoms with Gasteiger partial charge in [0.25, 0.3) is 0 Å². The first-order valence-corrected chi connectivity index (χ1v) is 19.8. The minimum absolute atomic E-state index is 0.821. The van der Waals surface area contributed by atoms with Crippen LogP contribution in [0.2, 0.25) is 0 Å². The average Bonchev–Trinajstić information content (AvgIpc) is 3.99. The summed E-state index contributed by atoms with van der Waals surface area (Å²) >= 11 is 0. The van der Waals surface area contributed by atoms with Gasteiger partial charge < -0.3 is 13.4 Å². The lowest BCUT2D eigenvalue weighted by Gasteiger charge is -2.14. The van der Waals surface area contributed by atoms with Crippen molar-refractivity contribution in [3.63, 3.8) is 0 Å². The first-order valence-electron chi connectivity index (χ1n) is 19.8. The van der Waals surface area contributed by atoms with E-state index in [0.29, 0.717) is 0 Å². The summed E-state index contributed by atoms with van der Waals surface area (Å²) in [7, 11) is 0. The molecule has 0 aliphatic carbocycles. The molecule has 4 aromatic heterocycles. The van der Waals surface area contributed by atoms with Crippen LogP contribution in [-0.4, -0.2) is 14.7 Å². The van der Waals surface area contributed by atoms with Crippen molar-refractivity contribution < 1.29 is 4.42 Å². The number of rotatable bonds is 3. The molecule has 0 radical (unpaired) electrons. The van der Waals surface area contributed by atoms with Gasteiger partial charge in [0.1, 0.15) is 11.3 Å². The van der Waals surface area contributed by atoms with E-state index in [2.05, 4.69) is 173 Å². The molecule has 5 heterocycles. The van der Waals surface area contributed by atoms with Crippen LogP contribution in [0, 0.1) is 0 Å². The largest absolute Gasteiger partial charge is 0.454 e. The Morgan fingerprint density at radius 2 is 1.18 bits per heavy atom. The lowest BCUT2D eigenvalue weighted by atomic mass is 9.96. The van der Waals surface area contributed by atoms with Crippen molar-refractivity contribution in [2.24, 2.45) is 4.99 Å².